The summed E-state index contributed by atoms with van der Waals surface area (Å²) < 4.78 is 347. The van der Waals surface area contributed by atoms with Gasteiger partial charge >= 0.3 is 58.8 Å². The van der Waals surface area contributed by atoms with Crippen LogP contribution in [0.3, 0.4) is 0 Å². The molecule has 33 heteroatoms. The highest BCUT2D eigenvalue weighted by Crippen LogP contribution is 2.66. The summed E-state index contributed by atoms with van der Waals surface area (Å²) in [5, 5.41) is 19.9. The van der Waals surface area contributed by atoms with Gasteiger partial charge in [-0.2, -0.15) is 96.5 Å². The molecule has 0 aliphatic carbocycles. The molecule has 0 aliphatic rings. The van der Waals surface area contributed by atoms with Crippen molar-refractivity contribution in [3.8, 4) is 0 Å². The van der Waals surface area contributed by atoms with Crippen LogP contribution in [-0.4, -0.2) is 169 Å². The molecule has 55 heavy (non-hydrogen) atoms. The summed E-state index contributed by atoms with van der Waals surface area (Å²) in [5.74, 6) is -75.7. The second-order valence-electron chi connectivity index (χ2n) is 12.1. The highest BCUT2D eigenvalue weighted by molar-refractivity contribution is 7.90. The Morgan fingerprint density at radius 3 is 1.25 bits per heavy atom. The number of halogens is 21. The summed E-state index contributed by atoms with van der Waals surface area (Å²) in [6.45, 7) is -6.39. The maximum atomic E-state index is 15.1. The third kappa shape index (κ3) is 9.10. The van der Waals surface area contributed by atoms with Gasteiger partial charge in [0.05, 0.1) is 50.0 Å². The molecule has 0 amide bonds. The van der Waals surface area contributed by atoms with Gasteiger partial charge in [0.2, 0.25) is 0 Å². The fourth-order valence-corrected chi connectivity index (χ4v) is 6.46. The molecule has 10 nitrogen and oxygen atoms in total. The molecule has 2 atom stereocenters. The Morgan fingerprint density at radius 1 is 0.600 bits per heavy atom. The van der Waals surface area contributed by atoms with Gasteiger partial charge in [0, 0.05) is 18.7 Å². The minimum absolute atomic E-state index is 0.566. The second-order valence-corrected chi connectivity index (χ2v) is 15.6. The highest BCUT2D eigenvalue weighted by atomic mass is 32.2. The third-order valence-electron chi connectivity index (χ3n) is 7.49. The molecule has 0 bridgehead atoms. The average molecular weight is 911 g/mol. The zero-order valence-corrected chi connectivity index (χ0v) is 28.5. The van der Waals surface area contributed by atoms with E-state index in [0.717, 1.165) is 14.1 Å². The molecule has 0 aromatic carbocycles. The van der Waals surface area contributed by atoms with E-state index in [0.29, 0.717) is 0 Å². The molecule has 0 saturated heterocycles. The van der Waals surface area contributed by atoms with Crippen LogP contribution in [-0.2, 0) is 20.1 Å². The lowest BCUT2D eigenvalue weighted by Gasteiger charge is -2.45. The van der Waals surface area contributed by atoms with E-state index in [1.165, 1.54) is 0 Å². The maximum absolute atomic E-state index is 15.1. The number of alkyl halides is 21. The van der Waals surface area contributed by atoms with Crippen molar-refractivity contribution in [2.24, 2.45) is 0 Å². The maximum Gasteiger partial charge on any atom is 0.460 e. The van der Waals surface area contributed by atoms with Gasteiger partial charge in [-0.1, -0.05) is 0 Å². The van der Waals surface area contributed by atoms with Crippen molar-refractivity contribution in [2.45, 2.75) is 83.8 Å². The van der Waals surface area contributed by atoms with Gasteiger partial charge < -0.3 is 24.4 Å². The zero-order valence-electron chi connectivity index (χ0n) is 26.8. The van der Waals surface area contributed by atoms with Gasteiger partial charge in [-0.3, -0.25) is 0 Å². The van der Waals surface area contributed by atoms with Gasteiger partial charge in [0.25, 0.3) is 10.0 Å². The molecular formula is C22H27F21N2O8S2. The summed E-state index contributed by atoms with van der Waals surface area (Å²) in [6, 6.07) is -2.78. The largest absolute Gasteiger partial charge is 0.748 e. The number of sulfonamides is 1. The van der Waals surface area contributed by atoms with Crippen molar-refractivity contribution in [3.05, 3.63) is 0 Å². The molecule has 0 rings (SSSR count). The fraction of sp³-hybridized carbons (Fsp3) is 1.00. The SMILES string of the molecule is C[N+](C)(CCC(CO)N(CCCS(=O)(=O)[O-])S(=O)(=O)C(F)(F)C(F)(F)C(F)(F)C(F)(F)C(F)(F)C(F)(F)C(F)(F)C(F)(F)C(F)(F)C(F)(F)F)CC(O)CO. The summed E-state index contributed by atoms with van der Waals surface area (Å²) in [4.78, 5) is 0. The summed E-state index contributed by atoms with van der Waals surface area (Å²) in [5.41, 5.74) is 0. The number of rotatable bonds is 22. The lowest BCUT2D eigenvalue weighted by atomic mass is 9.87. The number of aliphatic hydroxyl groups is 3. The minimum Gasteiger partial charge on any atom is -0.748 e. The number of likely N-dealkylation sites (N-methyl/N-ethyl adjacent to an activating group) is 1. The first kappa shape index (κ1) is 53.2. The van der Waals surface area contributed by atoms with Crippen molar-refractivity contribution in [3.63, 3.8) is 0 Å². The smallest absolute Gasteiger partial charge is 0.460 e. The van der Waals surface area contributed by atoms with Crippen LogP contribution in [0.5, 0.6) is 0 Å². The van der Waals surface area contributed by atoms with E-state index < -0.39 is 151 Å². The predicted molar refractivity (Wildman–Crippen MR) is 136 cm³/mol. The summed E-state index contributed by atoms with van der Waals surface area (Å²) >= 11 is 0. The van der Waals surface area contributed by atoms with Gasteiger partial charge in [0.1, 0.15) is 12.6 Å². The van der Waals surface area contributed by atoms with E-state index in [4.69, 9.17) is 5.11 Å². The van der Waals surface area contributed by atoms with Gasteiger partial charge in [-0.25, -0.2) is 16.8 Å². The first-order chi connectivity index (χ1) is 23.7. The first-order valence-corrected chi connectivity index (χ1v) is 16.9. The van der Waals surface area contributed by atoms with Crippen LogP contribution in [0.2, 0.25) is 0 Å². The van der Waals surface area contributed by atoms with Crippen molar-refractivity contribution in [1.29, 1.82) is 0 Å². The molecule has 0 spiro atoms. The molecule has 0 aromatic heterocycles. The fourth-order valence-electron chi connectivity index (χ4n) is 4.29. The Labute approximate surface area is 294 Å². The van der Waals surface area contributed by atoms with E-state index in [-0.39, 0.29) is 0 Å². The van der Waals surface area contributed by atoms with Crippen LogP contribution in [0, 0.1) is 0 Å². The lowest BCUT2D eigenvalue weighted by Crippen LogP contribution is -2.77. The first-order valence-electron chi connectivity index (χ1n) is 13.9. The van der Waals surface area contributed by atoms with Crippen molar-refractivity contribution >= 4 is 20.1 Å². The third-order valence-corrected chi connectivity index (χ3v) is 10.3. The zero-order chi connectivity index (χ0) is 44.9. The summed E-state index contributed by atoms with van der Waals surface area (Å²) in [6.07, 6.45) is -12.7. The Morgan fingerprint density at radius 2 is 0.945 bits per heavy atom. The Bertz CT molecular complexity index is 1540. The number of hydrogen-bond donors (Lipinski definition) is 3. The molecule has 332 valence electrons. The monoisotopic (exact) mass is 910 g/mol. The summed E-state index contributed by atoms with van der Waals surface area (Å²) in [7, 11) is -11.5. The average Bonchev–Trinajstić information content (AvgIpc) is 2.97. The number of nitrogens with zero attached hydrogens (tertiary/aromatic N) is 2. The number of quaternary nitrogens is 1. The van der Waals surface area contributed by atoms with Crippen LogP contribution in [0.25, 0.3) is 0 Å². The van der Waals surface area contributed by atoms with E-state index in [1.54, 1.807) is 0 Å². The van der Waals surface area contributed by atoms with Crippen LogP contribution in [0.1, 0.15) is 12.8 Å². The standard InChI is InChI=1S/C22H27F21N2O8S2/c1-45(2,8-12(48)10-47)6-4-11(9-46)44(5-3-7-54(49,50)51)55(52,53)22(42,43)20(37,38)18(33,34)16(29,30)14(25,26)13(23,24)15(27,28)17(31,32)19(35,36)21(39,40)41/h11-12,46-48H,3-10H2,1-2H3. The molecular weight excluding hydrogens is 883 g/mol. The van der Waals surface area contributed by atoms with Crippen LogP contribution < -0.4 is 0 Å². The molecule has 2 unspecified atom stereocenters. The van der Waals surface area contributed by atoms with Crippen molar-refractivity contribution in [2.75, 3.05) is 52.7 Å². The molecule has 0 heterocycles. The van der Waals surface area contributed by atoms with Crippen molar-refractivity contribution < 1.29 is 133 Å². The minimum atomic E-state index is -9.54. The molecule has 0 aromatic rings. The molecule has 0 saturated carbocycles. The highest BCUT2D eigenvalue weighted by Gasteiger charge is 2.98. The van der Waals surface area contributed by atoms with Crippen molar-refractivity contribution in [1.82, 2.24) is 4.31 Å². The Balaban J connectivity index is 7.53. The normalized spacial score (nSPS) is 17.2. The molecule has 3 N–H and O–H groups in total. The number of aliphatic hydroxyl groups excluding tert-OH is 3. The van der Waals surface area contributed by atoms with Gasteiger partial charge in [0.15, 0.2) is 0 Å². The lowest BCUT2D eigenvalue weighted by molar-refractivity contribution is -0.893. The second kappa shape index (κ2) is 15.7. The van der Waals surface area contributed by atoms with Gasteiger partial charge in [-0.05, 0) is 6.42 Å². The van der Waals surface area contributed by atoms with Crippen LogP contribution in [0.15, 0.2) is 0 Å². The number of hydrogen-bond acceptors (Lipinski definition) is 8. The molecule has 0 aliphatic heterocycles. The van der Waals surface area contributed by atoms with E-state index in [2.05, 4.69) is 0 Å². The molecule has 0 fully saturated rings. The van der Waals surface area contributed by atoms with E-state index in [9.17, 15) is 115 Å². The van der Waals surface area contributed by atoms with Gasteiger partial charge in [-0.15, -0.1) is 0 Å². The van der Waals surface area contributed by atoms with Crippen LogP contribution in [0.4, 0.5) is 92.2 Å². The Kier molecular flexibility index (Phi) is 15.2. The quantitative estimate of drug-likeness (QED) is 0.0839. The Hall–Kier alpha value is -1.81. The molecule has 0 radical (unpaired) electrons. The van der Waals surface area contributed by atoms with E-state index in [1.807, 2.05) is 0 Å². The van der Waals surface area contributed by atoms with Crippen LogP contribution >= 0.6 is 0 Å². The predicted octanol–water partition coefficient (Wildman–Crippen LogP) is 3.97. The topological polar surface area (TPSA) is 155 Å². The van der Waals surface area contributed by atoms with E-state index >= 15 is 8.78 Å².